The van der Waals surface area contributed by atoms with Crippen molar-refractivity contribution in [2.75, 3.05) is 23.7 Å². The summed E-state index contributed by atoms with van der Waals surface area (Å²) >= 11 is 1.71. The molecular formula is C30H31FN6O2S. The first-order valence-electron chi connectivity index (χ1n) is 13.4. The fourth-order valence-electron chi connectivity index (χ4n) is 6.19. The molecule has 40 heavy (non-hydrogen) atoms. The van der Waals surface area contributed by atoms with Crippen LogP contribution in [-0.4, -0.2) is 60.8 Å². The molecule has 0 radical (unpaired) electrons. The molecule has 0 bridgehead atoms. The third-order valence-corrected chi connectivity index (χ3v) is 9.17. The number of hydrogen-bond acceptors (Lipinski definition) is 6. The standard InChI is InChI=1S/C30H31FN6O2S/c1-5-25(38)37-19(3)13-35(14-20(37)4)29-24-12-18(2)26(21-6-8-22(31)9-7-21)28-27(24)36(30(39)33-29)15-23(16-40-28)34-11-10-32-17-34/h5-12,17,19-20,23H,1,13-16H2,2-4H3/t19-,20+,23?. The summed E-state index contributed by atoms with van der Waals surface area (Å²) in [5, 5.41) is 0.902. The number of rotatable bonds is 4. The van der Waals surface area contributed by atoms with E-state index in [9.17, 15) is 14.0 Å². The van der Waals surface area contributed by atoms with Crippen molar-refractivity contribution in [3.05, 3.63) is 83.6 Å². The normalized spacial score (nSPS) is 20.9. The van der Waals surface area contributed by atoms with Crippen LogP contribution < -0.4 is 10.6 Å². The summed E-state index contributed by atoms with van der Waals surface area (Å²) in [6, 6.07) is 8.48. The summed E-state index contributed by atoms with van der Waals surface area (Å²) in [7, 11) is 0. The highest BCUT2D eigenvalue weighted by Gasteiger charge is 2.34. The summed E-state index contributed by atoms with van der Waals surface area (Å²) in [6.45, 7) is 11.3. The molecular weight excluding hydrogens is 527 g/mol. The molecule has 2 aliphatic heterocycles. The number of nitrogens with zero attached hydrogens (tertiary/aromatic N) is 6. The van der Waals surface area contributed by atoms with Crippen molar-refractivity contribution in [3.8, 4) is 11.1 Å². The molecule has 206 valence electrons. The number of carbonyl (C=O) groups is 1. The molecule has 1 amide bonds. The lowest BCUT2D eigenvalue weighted by atomic mass is 9.97. The highest BCUT2D eigenvalue weighted by Crippen LogP contribution is 2.44. The van der Waals surface area contributed by atoms with Gasteiger partial charge < -0.3 is 14.4 Å². The molecule has 0 spiro atoms. The fourth-order valence-corrected chi connectivity index (χ4v) is 7.61. The Morgan fingerprint density at radius 1 is 1.15 bits per heavy atom. The van der Waals surface area contributed by atoms with Gasteiger partial charge in [-0.1, -0.05) is 18.7 Å². The zero-order chi connectivity index (χ0) is 28.1. The lowest BCUT2D eigenvalue weighted by molar-refractivity contribution is -0.130. The number of amides is 1. The Bertz CT molecular complexity index is 1650. The van der Waals surface area contributed by atoms with Crippen LogP contribution in [0.5, 0.6) is 0 Å². The summed E-state index contributed by atoms with van der Waals surface area (Å²) < 4.78 is 17.7. The van der Waals surface area contributed by atoms with E-state index in [1.54, 1.807) is 41.0 Å². The largest absolute Gasteiger partial charge is 0.352 e. The third-order valence-electron chi connectivity index (χ3n) is 7.94. The number of imidazole rings is 1. The second-order valence-corrected chi connectivity index (χ2v) is 11.7. The number of carbonyl (C=O) groups excluding carboxylic acids is 1. The van der Waals surface area contributed by atoms with Crippen LogP contribution in [0.2, 0.25) is 0 Å². The molecule has 2 aromatic carbocycles. The number of aryl methyl sites for hydroxylation is 1. The van der Waals surface area contributed by atoms with E-state index in [-0.39, 0.29) is 35.5 Å². The van der Waals surface area contributed by atoms with E-state index in [1.165, 1.54) is 18.2 Å². The van der Waals surface area contributed by atoms with Crippen LogP contribution in [0, 0.1) is 12.7 Å². The molecule has 3 atom stereocenters. The Morgan fingerprint density at radius 2 is 1.88 bits per heavy atom. The summed E-state index contributed by atoms with van der Waals surface area (Å²) in [4.78, 5) is 40.2. The van der Waals surface area contributed by atoms with E-state index in [2.05, 4.69) is 34.4 Å². The first kappa shape index (κ1) is 26.3. The Morgan fingerprint density at radius 3 is 2.52 bits per heavy atom. The molecule has 10 heteroatoms. The quantitative estimate of drug-likeness (QED) is 0.339. The molecule has 4 heterocycles. The van der Waals surface area contributed by atoms with Crippen LogP contribution >= 0.6 is 11.8 Å². The van der Waals surface area contributed by atoms with Gasteiger partial charge in [0, 0.05) is 65.7 Å². The molecule has 1 fully saturated rings. The smallest absolute Gasteiger partial charge is 0.350 e. The van der Waals surface area contributed by atoms with Crippen molar-refractivity contribution in [2.24, 2.45) is 0 Å². The molecule has 4 aromatic rings. The SMILES string of the molecule is C=CC(=O)N1[C@H](C)CN(c2nc(=O)n3c4c(c(-c5ccc(F)cc5)c(C)cc24)SCC(n2ccnc2)C3)C[C@@H]1C. The van der Waals surface area contributed by atoms with Crippen LogP contribution in [0.3, 0.4) is 0 Å². The van der Waals surface area contributed by atoms with Crippen molar-refractivity contribution < 1.29 is 9.18 Å². The van der Waals surface area contributed by atoms with Gasteiger partial charge in [0.15, 0.2) is 0 Å². The number of piperazine rings is 1. The van der Waals surface area contributed by atoms with E-state index in [1.807, 2.05) is 29.5 Å². The number of hydrogen-bond donors (Lipinski definition) is 0. The average Bonchev–Trinajstić information content (AvgIpc) is 3.39. The second kappa shape index (κ2) is 10.2. The van der Waals surface area contributed by atoms with Gasteiger partial charge in [-0.2, -0.15) is 4.98 Å². The third kappa shape index (κ3) is 4.40. The van der Waals surface area contributed by atoms with E-state index < -0.39 is 0 Å². The lowest BCUT2D eigenvalue weighted by Gasteiger charge is -2.44. The molecule has 2 aliphatic rings. The number of benzene rings is 2. The molecule has 1 saturated heterocycles. The van der Waals surface area contributed by atoms with Crippen molar-refractivity contribution in [1.82, 2.24) is 24.0 Å². The number of halogens is 1. The topological polar surface area (TPSA) is 76.3 Å². The average molecular weight is 559 g/mol. The minimum absolute atomic E-state index is 0.00308. The van der Waals surface area contributed by atoms with Gasteiger partial charge in [0.1, 0.15) is 11.6 Å². The molecule has 0 N–H and O–H groups in total. The first-order valence-corrected chi connectivity index (χ1v) is 14.4. The second-order valence-electron chi connectivity index (χ2n) is 10.7. The van der Waals surface area contributed by atoms with Gasteiger partial charge in [-0.25, -0.2) is 14.2 Å². The van der Waals surface area contributed by atoms with Crippen molar-refractivity contribution in [3.63, 3.8) is 0 Å². The minimum atomic E-state index is -0.310. The maximum Gasteiger partial charge on any atom is 0.350 e. The van der Waals surface area contributed by atoms with Crippen molar-refractivity contribution in [1.29, 1.82) is 0 Å². The number of aromatic nitrogens is 4. The molecule has 0 saturated carbocycles. The maximum atomic E-state index is 13.9. The van der Waals surface area contributed by atoms with Crippen molar-refractivity contribution in [2.45, 2.75) is 50.3 Å². The van der Waals surface area contributed by atoms with Gasteiger partial charge in [0.25, 0.3) is 0 Å². The molecule has 0 aliphatic carbocycles. The summed E-state index contributed by atoms with van der Waals surface area (Å²) in [6.07, 6.45) is 6.80. The Hall–Kier alpha value is -3.92. The predicted molar refractivity (Wildman–Crippen MR) is 156 cm³/mol. The van der Waals surface area contributed by atoms with Crippen LogP contribution in [-0.2, 0) is 11.3 Å². The predicted octanol–water partition coefficient (Wildman–Crippen LogP) is 4.67. The van der Waals surface area contributed by atoms with Gasteiger partial charge in [-0.15, -0.1) is 11.8 Å². The van der Waals surface area contributed by atoms with Gasteiger partial charge in [-0.3, -0.25) is 9.36 Å². The monoisotopic (exact) mass is 558 g/mol. The Labute approximate surface area is 236 Å². The Balaban J connectivity index is 1.56. The van der Waals surface area contributed by atoms with E-state index in [0.717, 1.165) is 38.2 Å². The maximum absolute atomic E-state index is 13.9. The molecule has 2 aromatic heterocycles. The first-order chi connectivity index (χ1) is 19.3. The molecule has 1 unspecified atom stereocenters. The van der Waals surface area contributed by atoms with Crippen LogP contribution in [0.15, 0.2) is 71.4 Å². The summed E-state index contributed by atoms with van der Waals surface area (Å²) in [5.41, 5.74) is 3.46. The zero-order valence-corrected chi connectivity index (χ0v) is 23.6. The van der Waals surface area contributed by atoms with Crippen LogP contribution in [0.4, 0.5) is 10.2 Å². The van der Waals surface area contributed by atoms with Crippen molar-refractivity contribution >= 4 is 34.4 Å². The fraction of sp³-hybridized carbons (Fsp3) is 0.333. The lowest BCUT2D eigenvalue weighted by Crippen LogP contribution is -2.58. The summed E-state index contributed by atoms with van der Waals surface area (Å²) in [5.74, 6) is 0.984. The number of anilines is 1. The molecule has 8 nitrogen and oxygen atoms in total. The van der Waals surface area contributed by atoms with E-state index in [0.29, 0.717) is 25.5 Å². The highest BCUT2D eigenvalue weighted by atomic mass is 32.2. The molecule has 6 rings (SSSR count). The van der Waals surface area contributed by atoms with Gasteiger partial charge in [-0.05, 0) is 56.2 Å². The zero-order valence-electron chi connectivity index (χ0n) is 22.7. The van der Waals surface area contributed by atoms with Gasteiger partial charge in [0.2, 0.25) is 5.91 Å². The van der Waals surface area contributed by atoms with E-state index in [4.69, 9.17) is 0 Å². The number of thioether (sulfide) groups is 1. The van der Waals surface area contributed by atoms with Gasteiger partial charge >= 0.3 is 5.69 Å². The van der Waals surface area contributed by atoms with Crippen LogP contribution in [0.1, 0.15) is 25.5 Å². The van der Waals surface area contributed by atoms with E-state index >= 15 is 0 Å². The van der Waals surface area contributed by atoms with Crippen LogP contribution in [0.25, 0.3) is 22.0 Å². The highest BCUT2D eigenvalue weighted by molar-refractivity contribution is 7.99. The Kier molecular flexibility index (Phi) is 6.74. The minimum Gasteiger partial charge on any atom is -0.352 e. The van der Waals surface area contributed by atoms with Gasteiger partial charge in [0.05, 0.1) is 17.9 Å².